The minimum Gasteiger partial charge on any atom is -0.493 e. The standard InChI is InChI=1S/C19H25N7O3/c1-19(2,3)10-25-14-8-13(22-12-6-7-20-21-9-12)24-26(14)18(29)15(17(25)28)16(27)23-11-4-5-11/h6-9,11,13,24,29H,4-5,10H2,1-3H3,(H,20,22)(H,23,27). The first kappa shape index (κ1) is 19.2. The summed E-state index contributed by atoms with van der Waals surface area (Å²) in [6, 6.07) is 1.83. The number of hydrazine groups is 1. The zero-order valence-electron chi connectivity index (χ0n) is 16.6. The third kappa shape index (κ3) is 4.02. The number of hydrogen-bond acceptors (Lipinski definition) is 8. The Morgan fingerprint density at radius 2 is 2.10 bits per heavy atom. The van der Waals surface area contributed by atoms with Gasteiger partial charge in [0.1, 0.15) is 12.0 Å². The molecule has 0 radical (unpaired) electrons. The predicted octanol–water partition coefficient (Wildman–Crippen LogP) is 0.813. The summed E-state index contributed by atoms with van der Waals surface area (Å²) in [4.78, 5) is 27.4. The number of carbonyl (C=O) groups is 2. The first-order chi connectivity index (χ1) is 13.7. The summed E-state index contributed by atoms with van der Waals surface area (Å²) >= 11 is 0. The second-order valence-corrected chi connectivity index (χ2v) is 8.64. The largest absolute Gasteiger partial charge is 0.493 e. The number of fused-ring (bicyclic) bond motifs is 1. The van der Waals surface area contributed by atoms with Crippen LogP contribution >= 0.6 is 0 Å². The summed E-state index contributed by atoms with van der Waals surface area (Å²) in [5.41, 5.74) is 3.33. The highest BCUT2D eigenvalue weighted by Crippen LogP contribution is 2.32. The lowest BCUT2D eigenvalue weighted by molar-refractivity contribution is -0.133. The van der Waals surface area contributed by atoms with E-state index in [4.69, 9.17) is 0 Å². The number of aliphatic hydroxyl groups is 1. The van der Waals surface area contributed by atoms with Crippen molar-refractivity contribution in [3.05, 3.63) is 41.8 Å². The molecule has 10 nitrogen and oxygen atoms in total. The number of rotatable bonds is 5. The van der Waals surface area contributed by atoms with Crippen molar-refractivity contribution in [3.8, 4) is 0 Å². The minimum atomic E-state index is -0.551. The fourth-order valence-corrected chi connectivity index (χ4v) is 3.23. The number of nitrogens with one attached hydrogen (secondary N) is 3. The Labute approximate surface area is 168 Å². The summed E-state index contributed by atoms with van der Waals surface area (Å²) in [6.45, 7) is 6.41. The van der Waals surface area contributed by atoms with Crippen molar-refractivity contribution in [2.24, 2.45) is 5.41 Å². The van der Waals surface area contributed by atoms with Gasteiger partial charge in [0.25, 0.3) is 11.8 Å². The fraction of sp³-hybridized carbons (Fsp3) is 0.474. The Morgan fingerprint density at radius 3 is 2.72 bits per heavy atom. The zero-order chi connectivity index (χ0) is 20.8. The van der Waals surface area contributed by atoms with Gasteiger partial charge in [0.2, 0.25) is 5.88 Å². The summed E-state index contributed by atoms with van der Waals surface area (Å²) in [5, 5.41) is 25.7. The molecule has 1 unspecified atom stereocenters. The Bertz CT molecular complexity index is 887. The van der Waals surface area contributed by atoms with Crippen molar-refractivity contribution in [1.82, 2.24) is 30.8 Å². The highest BCUT2D eigenvalue weighted by molar-refractivity contribution is 6.19. The van der Waals surface area contributed by atoms with Gasteiger partial charge in [-0.15, -0.1) is 0 Å². The molecular formula is C19H25N7O3. The second kappa shape index (κ2) is 7.03. The number of nitrogens with zero attached hydrogens (tertiary/aromatic N) is 4. The van der Waals surface area contributed by atoms with E-state index in [1.807, 2.05) is 20.8 Å². The number of amides is 2. The molecule has 1 atom stereocenters. The molecule has 0 aromatic carbocycles. The molecule has 0 bridgehead atoms. The lowest BCUT2D eigenvalue weighted by Crippen LogP contribution is -2.53. The van der Waals surface area contributed by atoms with Crippen molar-refractivity contribution in [2.45, 2.75) is 45.8 Å². The Morgan fingerprint density at radius 1 is 1.34 bits per heavy atom. The molecule has 10 heteroatoms. The smallest absolute Gasteiger partial charge is 0.270 e. The maximum Gasteiger partial charge on any atom is 0.270 e. The molecule has 1 aromatic heterocycles. The maximum atomic E-state index is 13.2. The molecule has 0 spiro atoms. The van der Waals surface area contributed by atoms with Crippen LogP contribution in [0.15, 0.2) is 41.8 Å². The Balaban J connectivity index is 1.65. The molecule has 3 heterocycles. The fourth-order valence-electron chi connectivity index (χ4n) is 3.23. The first-order valence-corrected chi connectivity index (χ1v) is 9.60. The number of anilines is 1. The average molecular weight is 399 g/mol. The van der Waals surface area contributed by atoms with Crippen LogP contribution in [-0.2, 0) is 9.59 Å². The van der Waals surface area contributed by atoms with Gasteiger partial charge in [-0.3, -0.25) is 14.5 Å². The first-order valence-electron chi connectivity index (χ1n) is 9.60. The van der Waals surface area contributed by atoms with Gasteiger partial charge in [-0.1, -0.05) is 20.8 Å². The molecule has 2 aliphatic heterocycles. The zero-order valence-corrected chi connectivity index (χ0v) is 16.6. The van der Waals surface area contributed by atoms with Gasteiger partial charge in [-0.2, -0.15) is 15.6 Å². The average Bonchev–Trinajstić information content (AvgIpc) is 3.35. The number of hydrogen-bond donors (Lipinski definition) is 4. The molecule has 4 rings (SSSR count). The molecule has 154 valence electrons. The highest BCUT2D eigenvalue weighted by Gasteiger charge is 2.45. The molecule has 2 amide bonds. The van der Waals surface area contributed by atoms with Crippen molar-refractivity contribution < 1.29 is 14.7 Å². The summed E-state index contributed by atoms with van der Waals surface area (Å²) in [5.74, 6) is -0.984. The van der Waals surface area contributed by atoms with Gasteiger partial charge in [0.05, 0.1) is 18.1 Å². The second-order valence-electron chi connectivity index (χ2n) is 8.64. The maximum absolute atomic E-state index is 13.2. The summed E-state index contributed by atoms with van der Waals surface area (Å²) in [6.07, 6.45) is 6.27. The van der Waals surface area contributed by atoms with Crippen molar-refractivity contribution in [1.29, 1.82) is 0 Å². The van der Waals surface area contributed by atoms with Crippen LogP contribution in [0.25, 0.3) is 0 Å². The summed E-state index contributed by atoms with van der Waals surface area (Å²) in [7, 11) is 0. The van der Waals surface area contributed by atoms with Gasteiger partial charge >= 0.3 is 0 Å². The van der Waals surface area contributed by atoms with E-state index in [-0.39, 0.29) is 17.0 Å². The summed E-state index contributed by atoms with van der Waals surface area (Å²) < 4.78 is 0. The lowest BCUT2D eigenvalue weighted by Gasteiger charge is -2.38. The van der Waals surface area contributed by atoms with Crippen LogP contribution in [-0.4, -0.2) is 55.8 Å². The molecule has 3 aliphatic rings. The van der Waals surface area contributed by atoms with Crippen molar-refractivity contribution >= 4 is 17.5 Å². The third-order valence-electron chi connectivity index (χ3n) is 4.66. The van der Waals surface area contributed by atoms with E-state index in [9.17, 15) is 14.7 Å². The monoisotopic (exact) mass is 399 g/mol. The van der Waals surface area contributed by atoms with E-state index < -0.39 is 23.9 Å². The third-order valence-corrected chi connectivity index (χ3v) is 4.66. The minimum absolute atomic E-state index is 0.0729. The van der Waals surface area contributed by atoms with Gasteiger partial charge in [0.15, 0.2) is 5.57 Å². The molecule has 4 N–H and O–H groups in total. The molecule has 1 aromatic rings. The van der Waals surface area contributed by atoms with E-state index in [1.165, 1.54) is 9.91 Å². The number of carbonyl (C=O) groups excluding carboxylic acids is 2. The topological polar surface area (TPSA) is 123 Å². The van der Waals surface area contributed by atoms with Crippen LogP contribution in [0.5, 0.6) is 0 Å². The van der Waals surface area contributed by atoms with Crippen molar-refractivity contribution in [2.75, 3.05) is 11.9 Å². The molecule has 1 saturated carbocycles. The van der Waals surface area contributed by atoms with Gasteiger partial charge < -0.3 is 15.7 Å². The van der Waals surface area contributed by atoms with Crippen LogP contribution in [0.1, 0.15) is 33.6 Å². The van der Waals surface area contributed by atoms with Crippen molar-refractivity contribution in [3.63, 3.8) is 0 Å². The van der Waals surface area contributed by atoms with E-state index in [2.05, 4.69) is 26.3 Å². The van der Waals surface area contributed by atoms with Crippen LogP contribution in [0.2, 0.25) is 0 Å². The van der Waals surface area contributed by atoms with Gasteiger partial charge in [-0.05, 0) is 30.4 Å². The normalized spacial score (nSPS) is 21.8. The Kier molecular flexibility index (Phi) is 4.65. The van der Waals surface area contributed by atoms with Crippen LogP contribution < -0.4 is 16.1 Å². The van der Waals surface area contributed by atoms with Gasteiger partial charge in [0, 0.05) is 12.6 Å². The molecular weight excluding hydrogens is 374 g/mol. The van der Waals surface area contributed by atoms with E-state index in [0.29, 0.717) is 12.4 Å². The molecule has 1 fully saturated rings. The van der Waals surface area contributed by atoms with E-state index in [1.54, 1.807) is 24.5 Å². The quantitative estimate of drug-likeness (QED) is 0.537. The van der Waals surface area contributed by atoms with E-state index in [0.717, 1.165) is 18.5 Å². The Hall–Kier alpha value is -3.14. The number of aromatic nitrogens is 2. The van der Waals surface area contributed by atoms with Crippen LogP contribution in [0.4, 0.5) is 5.69 Å². The van der Waals surface area contributed by atoms with Crippen LogP contribution in [0.3, 0.4) is 0 Å². The molecule has 29 heavy (non-hydrogen) atoms. The molecule has 1 aliphatic carbocycles. The lowest BCUT2D eigenvalue weighted by atomic mass is 9.95. The van der Waals surface area contributed by atoms with Crippen LogP contribution in [0, 0.1) is 5.41 Å². The van der Waals surface area contributed by atoms with E-state index >= 15 is 0 Å². The predicted molar refractivity (Wildman–Crippen MR) is 104 cm³/mol. The highest BCUT2D eigenvalue weighted by atomic mass is 16.3. The molecule has 0 saturated heterocycles. The SMILES string of the molecule is CC(C)(C)CN1C(=O)C(C(=O)NC2CC2)=C(O)N2NC(Nc3ccnnc3)C=C12. The van der Waals surface area contributed by atoms with Gasteiger partial charge in [-0.25, -0.2) is 5.01 Å². The number of aliphatic hydroxyl groups excluding tert-OH is 1.